The predicted octanol–water partition coefficient (Wildman–Crippen LogP) is -0.873. The molecule has 0 bridgehead atoms. The monoisotopic (exact) mass is 270 g/mol. The van der Waals surface area contributed by atoms with Gasteiger partial charge < -0.3 is 10.6 Å². The van der Waals surface area contributed by atoms with Crippen LogP contribution in [0.25, 0.3) is 0 Å². The number of pyridine rings is 1. The molecular weight excluding hydrogens is 256 g/mol. The lowest BCUT2D eigenvalue weighted by molar-refractivity contribution is -0.132. The first-order valence-electron chi connectivity index (χ1n) is 5.37. The zero-order valence-corrected chi connectivity index (χ0v) is 10.7. The number of aromatic nitrogens is 1. The quantitative estimate of drug-likeness (QED) is 0.753. The van der Waals surface area contributed by atoms with Crippen LogP contribution in [0.2, 0.25) is 0 Å². The summed E-state index contributed by atoms with van der Waals surface area (Å²) in [5.74, 6) is -0.0802. The maximum absolute atomic E-state index is 12.3. The fraction of sp³-hybridized carbons (Fsp3) is 0.400. The first kappa shape index (κ1) is 12.8. The summed E-state index contributed by atoms with van der Waals surface area (Å²) in [7, 11) is -2.03. The first-order chi connectivity index (χ1) is 8.41. The molecule has 1 saturated heterocycles. The number of likely N-dealkylation sites (N-methyl/N-ethyl adjacent to an activating group) is 1. The molecule has 2 heterocycles. The van der Waals surface area contributed by atoms with Crippen LogP contribution in [0.3, 0.4) is 0 Å². The van der Waals surface area contributed by atoms with Crippen LogP contribution in [0.5, 0.6) is 0 Å². The molecule has 0 radical (unpaired) electrons. The van der Waals surface area contributed by atoms with E-state index in [0.29, 0.717) is 6.54 Å². The van der Waals surface area contributed by atoms with Gasteiger partial charge >= 0.3 is 0 Å². The zero-order valence-electron chi connectivity index (χ0n) is 9.91. The third-order valence-corrected chi connectivity index (χ3v) is 4.65. The second-order valence-electron chi connectivity index (χ2n) is 4.07. The van der Waals surface area contributed by atoms with Crippen molar-refractivity contribution in [2.75, 3.05) is 32.4 Å². The Hall–Kier alpha value is -1.67. The van der Waals surface area contributed by atoms with Gasteiger partial charge in [-0.05, 0) is 6.07 Å². The van der Waals surface area contributed by atoms with E-state index in [2.05, 4.69) is 4.98 Å². The number of hydrogen-bond acceptors (Lipinski definition) is 5. The fourth-order valence-electron chi connectivity index (χ4n) is 1.68. The highest BCUT2D eigenvalue weighted by Crippen LogP contribution is 2.18. The fourth-order valence-corrected chi connectivity index (χ4v) is 3.08. The van der Waals surface area contributed by atoms with Crippen molar-refractivity contribution >= 4 is 21.7 Å². The first-order valence-corrected chi connectivity index (χ1v) is 6.81. The maximum atomic E-state index is 12.3. The number of anilines is 1. The van der Waals surface area contributed by atoms with Crippen LogP contribution in [-0.4, -0.2) is 55.2 Å². The van der Waals surface area contributed by atoms with Gasteiger partial charge in [0.2, 0.25) is 15.9 Å². The number of rotatable bonds is 2. The number of amides is 1. The average Bonchev–Trinajstić information content (AvgIpc) is 2.32. The molecule has 0 unspecified atom stereocenters. The van der Waals surface area contributed by atoms with Gasteiger partial charge in [0.1, 0.15) is 5.82 Å². The van der Waals surface area contributed by atoms with Crippen LogP contribution in [0.4, 0.5) is 5.82 Å². The van der Waals surface area contributed by atoms with Crippen molar-refractivity contribution in [2.24, 2.45) is 0 Å². The maximum Gasteiger partial charge on any atom is 0.243 e. The molecular formula is C10H14N4O3S. The van der Waals surface area contributed by atoms with Crippen LogP contribution < -0.4 is 5.73 Å². The highest BCUT2D eigenvalue weighted by Gasteiger charge is 2.31. The molecule has 0 atom stereocenters. The third kappa shape index (κ3) is 2.29. The van der Waals surface area contributed by atoms with Gasteiger partial charge in [-0.25, -0.2) is 13.4 Å². The Bertz CT molecular complexity index is 572. The Kier molecular flexibility index (Phi) is 3.22. The van der Waals surface area contributed by atoms with Crippen molar-refractivity contribution in [3.63, 3.8) is 0 Å². The standard InChI is InChI=1S/C10H14N4O3S/c1-13-4-5-14(7-10(13)15)18(16,17)8-2-3-12-9(11)6-8/h2-3,6H,4-5,7H2,1H3,(H2,11,12). The van der Waals surface area contributed by atoms with E-state index in [4.69, 9.17) is 5.73 Å². The van der Waals surface area contributed by atoms with Crippen LogP contribution in [-0.2, 0) is 14.8 Å². The summed E-state index contributed by atoms with van der Waals surface area (Å²) in [6.45, 7) is 0.534. The van der Waals surface area contributed by atoms with Crippen molar-refractivity contribution in [3.05, 3.63) is 18.3 Å². The molecule has 1 aromatic heterocycles. The molecule has 0 saturated carbocycles. The Balaban J connectivity index is 2.30. The molecule has 1 aliphatic heterocycles. The second kappa shape index (κ2) is 4.54. The van der Waals surface area contributed by atoms with Crippen molar-refractivity contribution in [3.8, 4) is 0 Å². The number of sulfonamides is 1. The molecule has 0 aromatic carbocycles. The lowest BCUT2D eigenvalue weighted by Crippen LogP contribution is -2.50. The minimum atomic E-state index is -3.68. The number of nitrogens with zero attached hydrogens (tertiary/aromatic N) is 3. The van der Waals surface area contributed by atoms with Crippen molar-refractivity contribution in [1.29, 1.82) is 0 Å². The number of piperazine rings is 1. The van der Waals surface area contributed by atoms with Gasteiger partial charge in [0.25, 0.3) is 0 Å². The summed E-state index contributed by atoms with van der Waals surface area (Å²) < 4.78 is 25.7. The number of hydrogen-bond donors (Lipinski definition) is 1. The summed E-state index contributed by atoms with van der Waals surface area (Å²) in [5, 5.41) is 0. The molecule has 18 heavy (non-hydrogen) atoms. The molecule has 1 aliphatic rings. The van der Waals surface area contributed by atoms with Crippen LogP contribution in [0.1, 0.15) is 0 Å². The van der Waals surface area contributed by atoms with Crippen molar-refractivity contribution in [2.45, 2.75) is 4.90 Å². The van der Waals surface area contributed by atoms with E-state index in [9.17, 15) is 13.2 Å². The molecule has 1 fully saturated rings. The molecule has 0 aliphatic carbocycles. The Labute approximate surface area is 105 Å². The van der Waals surface area contributed by atoms with E-state index in [1.54, 1.807) is 7.05 Å². The SMILES string of the molecule is CN1CCN(S(=O)(=O)c2ccnc(N)c2)CC1=O. The summed E-state index contributed by atoms with van der Waals surface area (Å²) in [6, 6.07) is 2.66. The Morgan fingerprint density at radius 2 is 2.11 bits per heavy atom. The normalized spacial score (nSPS) is 18.1. The van der Waals surface area contributed by atoms with Gasteiger partial charge in [-0.2, -0.15) is 4.31 Å². The van der Waals surface area contributed by atoms with Crippen molar-refractivity contribution in [1.82, 2.24) is 14.2 Å². The van der Waals surface area contributed by atoms with Gasteiger partial charge in [0, 0.05) is 32.4 Å². The van der Waals surface area contributed by atoms with Gasteiger partial charge in [0.05, 0.1) is 11.4 Å². The molecule has 1 aromatic rings. The number of carbonyl (C=O) groups is 1. The lowest BCUT2D eigenvalue weighted by Gasteiger charge is -2.31. The summed E-state index contributed by atoms with van der Waals surface area (Å²) in [5.41, 5.74) is 5.46. The molecule has 0 spiro atoms. The molecule has 7 nitrogen and oxygen atoms in total. The largest absolute Gasteiger partial charge is 0.384 e. The lowest BCUT2D eigenvalue weighted by atomic mass is 10.4. The minimum absolute atomic E-state index is 0.0624. The summed E-state index contributed by atoms with van der Waals surface area (Å²) >= 11 is 0. The Morgan fingerprint density at radius 1 is 1.39 bits per heavy atom. The van der Waals surface area contributed by atoms with Crippen LogP contribution >= 0.6 is 0 Å². The molecule has 2 N–H and O–H groups in total. The second-order valence-corrected chi connectivity index (χ2v) is 6.01. The highest BCUT2D eigenvalue weighted by atomic mass is 32.2. The topological polar surface area (TPSA) is 96.6 Å². The average molecular weight is 270 g/mol. The summed E-state index contributed by atoms with van der Waals surface area (Å²) in [4.78, 5) is 16.8. The highest BCUT2D eigenvalue weighted by molar-refractivity contribution is 7.89. The number of nitrogen functional groups attached to an aromatic ring is 1. The van der Waals surface area contributed by atoms with Gasteiger partial charge in [0.15, 0.2) is 0 Å². The van der Waals surface area contributed by atoms with Crippen molar-refractivity contribution < 1.29 is 13.2 Å². The predicted molar refractivity (Wildman–Crippen MR) is 65.0 cm³/mol. The zero-order chi connectivity index (χ0) is 13.3. The van der Waals surface area contributed by atoms with Gasteiger partial charge in [-0.1, -0.05) is 0 Å². The Morgan fingerprint density at radius 3 is 2.72 bits per heavy atom. The van der Waals surface area contributed by atoms with E-state index in [-0.39, 0.29) is 29.7 Å². The van der Waals surface area contributed by atoms with Gasteiger partial charge in [-0.3, -0.25) is 4.79 Å². The molecule has 1 amide bonds. The third-order valence-electron chi connectivity index (χ3n) is 2.81. The van der Waals surface area contributed by atoms with Crippen LogP contribution in [0, 0.1) is 0 Å². The molecule has 98 valence electrons. The summed E-state index contributed by atoms with van der Waals surface area (Å²) in [6.07, 6.45) is 1.33. The van der Waals surface area contributed by atoms with Crippen LogP contribution in [0.15, 0.2) is 23.2 Å². The number of nitrogens with two attached hydrogens (primary N) is 1. The van der Waals surface area contributed by atoms with E-state index in [1.165, 1.54) is 23.2 Å². The van der Waals surface area contributed by atoms with E-state index in [1.807, 2.05) is 0 Å². The van der Waals surface area contributed by atoms with E-state index in [0.717, 1.165) is 4.31 Å². The molecule has 8 heteroatoms. The minimum Gasteiger partial charge on any atom is -0.384 e. The van der Waals surface area contributed by atoms with Gasteiger partial charge in [-0.15, -0.1) is 0 Å². The smallest absolute Gasteiger partial charge is 0.243 e. The van der Waals surface area contributed by atoms with E-state index < -0.39 is 10.0 Å². The van der Waals surface area contributed by atoms with E-state index >= 15 is 0 Å². The molecule has 2 rings (SSSR count). The number of carbonyl (C=O) groups excluding carboxylic acids is 1.